The Kier molecular flexibility index (Phi) is 4.70. The third kappa shape index (κ3) is 2.78. The number of fused-ring (bicyclic) bond motifs is 7. The van der Waals surface area contributed by atoms with E-state index in [0.717, 1.165) is 47.8 Å². The van der Waals surface area contributed by atoms with Gasteiger partial charge in [-0.1, -0.05) is 6.07 Å². The molecule has 1 saturated heterocycles. The normalized spacial score (nSPS) is 20.4. The van der Waals surface area contributed by atoms with Gasteiger partial charge in [-0.25, -0.2) is 0 Å². The molecule has 0 aliphatic carbocycles. The van der Waals surface area contributed by atoms with Crippen molar-refractivity contribution in [1.82, 2.24) is 4.90 Å². The van der Waals surface area contributed by atoms with E-state index in [1.165, 1.54) is 23.6 Å². The fraction of sp³-hybridized carbons (Fsp3) is 0.400. The zero-order chi connectivity index (χ0) is 21.8. The van der Waals surface area contributed by atoms with Crippen molar-refractivity contribution in [3.8, 4) is 17.2 Å². The van der Waals surface area contributed by atoms with Crippen LogP contribution in [0.2, 0.25) is 0 Å². The lowest BCUT2D eigenvalue weighted by molar-refractivity contribution is -0.154. The van der Waals surface area contributed by atoms with Crippen LogP contribution in [-0.4, -0.2) is 51.4 Å². The molecule has 5 rings (SSSR count). The first-order valence-corrected chi connectivity index (χ1v) is 10.6. The lowest BCUT2D eigenvalue weighted by Crippen LogP contribution is -2.54. The maximum absolute atomic E-state index is 13.0. The number of methoxy groups -OCH3 is 4. The average Bonchev–Trinajstić information content (AvgIpc) is 3.25. The third-order valence-corrected chi connectivity index (χ3v) is 7.06. The molecule has 1 fully saturated rings. The summed E-state index contributed by atoms with van der Waals surface area (Å²) < 4.78 is 22.0. The molecule has 0 N–H and O–H groups in total. The molecule has 6 heteroatoms. The Morgan fingerprint density at radius 3 is 2.26 bits per heavy atom. The fourth-order valence-corrected chi connectivity index (χ4v) is 5.54. The molecule has 2 heterocycles. The molecule has 0 radical (unpaired) electrons. The molecule has 2 aliphatic heterocycles. The van der Waals surface area contributed by atoms with E-state index in [1.807, 2.05) is 18.2 Å². The zero-order valence-electron chi connectivity index (χ0n) is 18.4. The van der Waals surface area contributed by atoms with Gasteiger partial charge >= 0.3 is 5.97 Å². The van der Waals surface area contributed by atoms with Crippen LogP contribution in [0.5, 0.6) is 17.2 Å². The van der Waals surface area contributed by atoms with Crippen LogP contribution in [0, 0.1) is 0 Å². The summed E-state index contributed by atoms with van der Waals surface area (Å²) in [5.41, 5.74) is 1.86. The molecular weight excluding hydrogens is 394 g/mol. The summed E-state index contributed by atoms with van der Waals surface area (Å²) in [5.74, 6) is 2.03. The molecule has 6 nitrogen and oxygen atoms in total. The lowest BCUT2D eigenvalue weighted by atomic mass is 9.78. The van der Waals surface area contributed by atoms with E-state index in [9.17, 15) is 4.79 Å². The summed E-state index contributed by atoms with van der Waals surface area (Å²) in [7, 11) is 6.46. The fourth-order valence-electron chi connectivity index (χ4n) is 5.54. The molecule has 0 saturated carbocycles. The molecule has 3 aromatic rings. The Bertz CT molecular complexity index is 1200. The molecule has 0 amide bonds. The Morgan fingerprint density at radius 1 is 0.871 bits per heavy atom. The minimum absolute atomic E-state index is 0.140. The van der Waals surface area contributed by atoms with Crippen LogP contribution in [-0.2, 0) is 22.5 Å². The SMILES string of the molecule is COC(=O)[C@]12CCCN1Cc1c(c3cc(OC)c(OC)cc3c3cc(OC)ccc13)C2. The first-order valence-electron chi connectivity index (χ1n) is 10.6. The second kappa shape index (κ2) is 7.31. The third-order valence-electron chi connectivity index (χ3n) is 7.06. The number of hydrogen-bond donors (Lipinski definition) is 0. The second-order valence-corrected chi connectivity index (χ2v) is 8.35. The summed E-state index contributed by atoms with van der Waals surface area (Å²) in [4.78, 5) is 15.3. The van der Waals surface area contributed by atoms with E-state index in [1.54, 1.807) is 21.3 Å². The van der Waals surface area contributed by atoms with Crippen molar-refractivity contribution in [2.75, 3.05) is 35.0 Å². The van der Waals surface area contributed by atoms with Crippen LogP contribution in [0.25, 0.3) is 21.5 Å². The highest BCUT2D eigenvalue weighted by Crippen LogP contribution is 2.47. The molecule has 2 aliphatic rings. The van der Waals surface area contributed by atoms with Crippen LogP contribution in [0.1, 0.15) is 24.0 Å². The predicted octanol–water partition coefficient (Wildman–Crippen LogP) is 4.08. The summed E-state index contributed by atoms with van der Waals surface area (Å²) in [6.07, 6.45) is 2.43. The van der Waals surface area contributed by atoms with Crippen molar-refractivity contribution in [3.63, 3.8) is 0 Å². The van der Waals surface area contributed by atoms with Gasteiger partial charge < -0.3 is 18.9 Å². The van der Waals surface area contributed by atoms with E-state index in [-0.39, 0.29) is 5.97 Å². The van der Waals surface area contributed by atoms with Crippen molar-refractivity contribution in [1.29, 1.82) is 0 Å². The minimum atomic E-state index is -0.595. The standard InChI is InChI=1S/C25H27NO5/c1-28-15-6-7-16-17(10-15)18-11-22(29-2)23(30-3)12-19(18)20-13-25(24(27)31-4)8-5-9-26(25)14-21(16)20/h6-7,10-12H,5,8-9,13-14H2,1-4H3/t25-/m1/s1. The Hall–Kier alpha value is -2.99. The maximum atomic E-state index is 13.0. The topological polar surface area (TPSA) is 57.2 Å². The van der Waals surface area contributed by atoms with Crippen molar-refractivity contribution in [2.24, 2.45) is 0 Å². The van der Waals surface area contributed by atoms with E-state index >= 15 is 0 Å². The number of carbonyl (C=O) groups is 1. The first-order chi connectivity index (χ1) is 15.1. The van der Waals surface area contributed by atoms with Crippen LogP contribution in [0.4, 0.5) is 0 Å². The summed E-state index contributed by atoms with van der Waals surface area (Å²) in [6.45, 7) is 1.62. The van der Waals surface area contributed by atoms with E-state index in [4.69, 9.17) is 18.9 Å². The van der Waals surface area contributed by atoms with Gasteiger partial charge in [0.25, 0.3) is 0 Å². The summed E-state index contributed by atoms with van der Waals surface area (Å²) in [6, 6.07) is 10.3. The van der Waals surface area contributed by atoms with Gasteiger partial charge in [0.1, 0.15) is 11.3 Å². The molecule has 162 valence electrons. The average molecular weight is 421 g/mol. The van der Waals surface area contributed by atoms with Crippen molar-refractivity contribution in [3.05, 3.63) is 41.5 Å². The second-order valence-electron chi connectivity index (χ2n) is 8.35. The molecule has 31 heavy (non-hydrogen) atoms. The Balaban J connectivity index is 1.87. The van der Waals surface area contributed by atoms with Gasteiger partial charge in [-0.2, -0.15) is 0 Å². The largest absolute Gasteiger partial charge is 0.497 e. The van der Waals surface area contributed by atoms with Crippen LogP contribution < -0.4 is 14.2 Å². The van der Waals surface area contributed by atoms with Crippen molar-refractivity contribution in [2.45, 2.75) is 31.3 Å². The number of esters is 1. The van der Waals surface area contributed by atoms with E-state index < -0.39 is 5.54 Å². The van der Waals surface area contributed by atoms with Gasteiger partial charge in [0.05, 0.1) is 28.4 Å². The quantitative estimate of drug-likeness (QED) is 0.467. The van der Waals surface area contributed by atoms with Gasteiger partial charge in [-0.05, 0) is 76.3 Å². The number of ether oxygens (including phenoxy) is 4. The van der Waals surface area contributed by atoms with Gasteiger partial charge in [0, 0.05) is 13.0 Å². The number of hydrogen-bond acceptors (Lipinski definition) is 6. The highest BCUT2D eigenvalue weighted by atomic mass is 16.5. The van der Waals surface area contributed by atoms with Crippen molar-refractivity contribution >= 4 is 27.5 Å². The number of benzene rings is 3. The number of rotatable bonds is 4. The lowest BCUT2D eigenvalue weighted by Gasteiger charge is -2.41. The minimum Gasteiger partial charge on any atom is -0.497 e. The highest BCUT2D eigenvalue weighted by Gasteiger charge is 2.51. The van der Waals surface area contributed by atoms with Crippen LogP contribution in [0.3, 0.4) is 0 Å². The molecule has 0 aromatic heterocycles. The monoisotopic (exact) mass is 421 g/mol. The molecule has 0 unspecified atom stereocenters. The highest BCUT2D eigenvalue weighted by molar-refractivity contribution is 6.12. The molecule has 1 atom stereocenters. The number of nitrogens with zero attached hydrogens (tertiary/aromatic N) is 1. The summed E-state index contributed by atoms with van der Waals surface area (Å²) in [5, 5.41) is 4.44. The Labute approximate surface area is 181 Å². The van der Waals surface area contributed by atoms with Crippen LogP contribution >= 0.6 is 0 Å². The molecule has 0 bridgehead atoms. The van der Waals surface area contributed by atoms with E-state index in [0.29, 0.717) is 17.9 Å². The smallest absolute Gasteiger partial charge is 0.326 e. The van der Waals surface area contributed by atoms with E-state index in [2.05, 4.69) is 17.0 Å². The van der Waals surface area contributed by atoms with Gasteiger partial charge in [0.2, 0.25) is 0 Å². The van der Waals surface area contributed by atoms with Crippen LogP contribution in [0.15, 0.2) is 30.3 Å². The van der Waals surface area contributed by atoms with Gasteiger partial charge in [-0.3, -0.25) is 9.69 Å². The van der Waals surface area contributed by atoms with Gasteiger partial charge in [0.15, 0.2) is 11.5 Å². The van der Waals surface area contributed by atoms with Gasteiger partial charge in [-0.15, -0.1) is 0 Å². The Morgan fingerprint density at radius 2 is 1.58 bits per heavy atom. The number of carbonyl (C=O) groups excluding carboxylic acids is 1. The molecular formula is C25H27NO5. The predicted molar refractivity (Wildman–Crippen MR) is 119 cm³/mol. The van der Waals surface area contributed by atoms with Crippen molar-refractivity contribution < 1.29 is 23.7 Å². The molecule has 0 spiro atoms. The maximum Gasteiger partial charge on any atom is 0.326 e. The molecule has 3 aromatic carbocycles. The first kappa shape index (κ1) is 19.9. The summed E-state index contributed by atoms with van der Waals surface area (Å²) >= 11 is 0. The zero-order valence-corrected chi connectivity index (χ0v) is 18.4.